The number of anilines is 1. The van der Waals surface area contributed by atoms with Gasteiger partial charge in [0, 0.05) is 5.02 Å². The number of methoxy groups -OCH3 is 1. The number of carboxylic acid groups (broad SMARTS) is 1. The van der Waals surface area contributed by atoms with Gasteiger partial charge in [0.05, 0.1) is 17.7 Å². The molecule has 0 fully saturated rings. The number of aliphatic carboxylic acids is 1. The summed E-state index contributed by atoms with van der Waals surface area (Å²) in [6, 6.07) is 10.4. The Morgan fingerprint density at radius 2 is 1.83 bits per heavy atom. The molecule has 0 bridgehead atoms. The van der Waals surface area contributed by atoms with Crippen LogP contribution in [0, 0.1) is 6.92 Å². The van der Waals surface area contributed by atoms with Gasteiger partial charge < -0.3 is 9.84 Å². The summed E-state index contributed by atoms with van der Waals surface area (Å²) in [6.07, 6.45) is 0. The van der Waals surface area contributed by atoms with Crippen LogP contribution in [0.2, 0.25) is 5.02 Å². The van der Waals surface area contributed by atoms with Crippen molar-refractivity contribution < 1.29 is 23.1 Å². The van der Waals surface area contributed by atoms with Gasteiger partial charge in [0.25, 0.3) is 10.0 Å². The standard InChI is InChI=1S/C16H16ClNO5S/c1-11-3-8-15(23-2)14(9-11)18(10-16(19)20)24(21,22)13-6-4-12(17)5-7-13/h3-9H,10H2,1-2H3,(H,19,20). The third-order valence-electron chi connectivity index (χ3n) is 3.28. The molecular weight excluding hydrogens is 354 g/mol. The lowest BCUT2D eigenvalue weighted by Gasteiger charge is -2.25. The largest absolute Gasteiger partial charge is 0.495 e. The summed E-state index contributed by atoms with van der Waals surface area (Å²) in [6.45, 7) is 1.04. The van der Waals surface area contributed by atoms with Gasteiger partial charge in [-0.1, -0.05) is 17.7 Å². The number of aryl methyl sites for hydroxylation is 1. The summed E-state index contributed by atoms with van der Waals surface area (Å²) in [4.78, 5) is 11.2. The molecule has 0 unspecified atom stereocenters. The number of benzene rings is 2. The van der Waals surface area contributed by atoms with Crippen molar-refractivity contribution in [1.82, 2.24) is 0 Å². The molecule has 0 heterocycles. The number of sulfonamides is 1. The Balaban J connectivity index is 2.63. The number of carboxylic acids is 1. The van der Waals surface area contributed by atoms with Crippen molar-refractivity contribution in [2.24, 2.45) is 0 Å². The highest BCUT2D eigenvalue weighted by molar-refractivity contribution is 7.92. The highest BCUT2D eigenvalue weighted by atomic mass is 35.5. The normalized spacial score (nSPS) is 11.1. The van der Waals surface area contributed by atoms with E-state index in [4.69, 9.17) is 21.4 Å². The van der Waals surface area contributed by atoms with E-state index in [-0.39, 0.29) is 16.3 Å². The Labute approximate surface area is 145 Å². The van der Waals surface area contributed by atoms with E-state index in [1.54, 1.807) is 25.1 Å². The molecular formula is C16H16ClNO5S. The van der Waals surface area contributed by atoms with E-state index in [2.05, 4.69) is 0 Å². The average molecular weight is 370 g/mol. The smallest absolute Gasteiger partial charge is 0.324 e. The molecule has 0 aliphatic rings. The van der Waals surface area contributed by atoms with Crippen molar-refractivity contribution in [1.29, 1.82) is 0 Å². The SMILES string of the molecule is COc1ccc(C)cc1N(CC(=O)O)S(=O)(=O)c1ccc(Cl)cc1. The van der Waals surface area contributed by atoms with Crippen LogP contribution in [0.4, 0.5) is 5.69 Å². The van der Waals surface area contributed by atoms with Crippen LogP contribution in [0.15, 0.2) is 47.4 Å². The van der Waals surface area contributed by atoms with Crippen molar-refractivity contribution in [3.8, 4) is 5.75 Å². The highest BCUT2D eigenvalue weighted by Gasteiger charge is 2.29. The minimum absolute atomic E-state index is 0.0586. The minimum Gasteiger partial charge on any atom is -0.495 e. The quantitative estimate of drug-likeness (QED) is 0.846. The topological polar surface area (TPSA) is 83.9 Å². The van der Waals surface area contributed by atoms with Gasteiger partial charge in [-0.15, -0.1) is 0 Å². The Bertz CT molecular complexity index is 849. The van der Waals surface area contributed by atoms with Crippen molar-refractivity contribution in [2.75, 3.05) is 18.0 Å². The van der Waals surface area contributed by atoms with Crippen LogP contribution >= 0.6 is 11.6 Å². The molecule has 0 amide bonds. The summed E-state index contributed by atoms with van der Waals surface area (Å²) in [5, 5.41) is 9.55. The molecule has 2 rings (SSSR count). The zero-order chi connectivity index (χ0) is 17.9. The van der Waals surface area contributed by atoms with Crippen molar-refractivity contribution in [3.63, 3.8) is 0 Å². The number of hydrogen-bond donors (Lipinski definition) is 1. The van der Waals surface area contributed by atoms with Gasteiger partial charge in [0.15, 0.2) is 0 Å². The maximum absolute atomic E-state index is 12.9. The van der Waals surface area contributed by atoms with E-state index in [9.17, 15) is 13.2 Å². The molecule has 2 aromatic rings. The van der Waals surface area contributed by atoms with Gasteiger partial charge in [-0.3, -0.25) is 9.10 Å². The average Bonchev–Trinajstić information content (AvgIpc) is 2.52. The van der Waals surface area contributed by atoms with Gasteiger partial charge in [0.2, 0.25) is 0 Å². The number of carbonyl (C=O) groups is 1. The molecule has 8 heteroatoms. The number of nitrogens with zero attached hydrogens (tertiary/aromatic N) is 1. The molecule has 0 atom stereocenters. The van der Waals surface area contributed by atoms with Gasteiger partial charge in [-0.2, -0.15) is 0 Å². The molecule has 0 saturated heterocycles. The van der Waals surface area contributed by atoms with E-state index >= 15 is 0 Å². The molecule has 24 heavy (non-hydrogen) atoms. The first-order valence-electron chi connectivity index (χ1n) is 6.90. The Kier molecular flexibility index (Phi) is 5.36. The van der Waals surface area contributed by atoms with Crippen LogP contribution in [0.1, 0.15) is 5.56 Å². The van der Waals surface area contributed by atoms with E-state index in [1.165, 1.54) is 31.4 Å². The molecule has 2 aromatic carbocycles. The number of hydrogen-bond acceptors (Lipinski definition) is 4. The Morgan fingerprint density at radius 1 is 1.21 bits per heavy atom. The third kappa shape index (κ3) is 3.80. The Hall–Kier alpha value is -2.25. The zero-order valence-corrected chi connectivity index (χ0v) is 14.6. The fourth-order valence-electron chi connectivity index (χ4n) is 2.15. The van der Waals surface area contributed by atoms with Crippen LogP contribution < -0.4 is 9.04 Å². The first-order valence-corrected chi connectivity index (χ1v) is 8.72. The molecule has 0 radical (unpaired) electrons. The first-order chi connectivity index (χ1) is 11.3. The zero-order valence-electron chi connectivity index (χ0n) is 13.1. The second-order valence-corrected chi connectivity index (χ2v) is 7.33. The highest BCUT2D eigenvalue weighted by Crippen LogP contribution is 2.33. The monoisotopic (exact) mass is 369 g/mol. The molecule has 128 valence electrons. The van der Waals surface area contributed by atoms with E-state index in [1.807, 2.05) is 0 Å². The number of rotatable bonds is 6. The van der Waals surface area contributed by atoms with Gasteiger partial charge in [-0.25, -0.2) is 8.42 Å². The van der Waals surface area contributed by atoms with Gasteiger partial charge >= 0.3 is 5.97 Å². The summed E-state index contributed by atoms with van der Waals surface area (Å²) < 4.78 is 31.8. The van der Waals surface area contributed by atoms with Gasteiger partial charge in [-0.05, 0) is 48.9 Å². The van der Waals surface area contributed by atoms with Gasteiger partial charge in [0.1, 0.15) is 12.3 Å². The lowest BCUT2D eigenvalue weighted by atomic mass is 10.2. The number of halogens is 1. The van der Waals surface area contributed by atoms with E-state index in [0.717, 1.165) is 9.87 Å². The third-order valence-corrected chi connectivity index (χ3v) is 5.31. The fraction of sp³-hybridized carbons (Fsp3) is 0.188. The van der Waals surface area contributed by atoms with Crippen LogP contribution in [0.5, 0.6) is 5.75 Å². The maximum atomic E-state index is 12.9. The predicted octanol–water partition coefficient (Wildman–Crippen LogP) is 2.94. The summed E-state index contributed by atoms with van der Waals surface area (Å²) in [5.74, 6) is -1.02. The number of ether oxygens (including phenoxy) is 1. The maximum Gasteiger partial charge on any atom is 0.324 e. The van der Waals surface area contributed by atoms with Crippen molar-refractivity contribution in [2.45, 2.75) is 11.8 Å². The second kappa shape index (κ2) is 7.11. The lowest BCUT2D eigenvalue weighted by Crippen LogP contribution is -2.36. The molecule has 0 aliphatic heterocycles. The van der Waals surface area contributed by atoms with Crippen LogP contribution in [0.25, 0.3) is 0 Å². The summed E-state index contributed by atoms with van der Waals surface area (Å²) in [5.41, 5.74) is 0.933. The fourth-order valence-corrected chi connectivity index (χ4v) is 3.69. The predicted molar refractivity (Wildman–Crippen MR) is 91.4 cm³/mol. The van der Waals surface area contributed by atoms with Crippen LogP contribution in [-0.2, 0) is 14.8 Å². The van der Waals surface area contributed by atoms with Crippen LogP contribution in [-0.4, -0.2) is 33.1 Å². The molecule has 0 saturated carbocycles. The summed E-state index contributed by atoms with van der Waals surface area (Å²) >= 11 is 5.79. The van der Waals surface area contributed by atoms with E-state index in [0.29, 0.717) is 5.02 Å². The lowest BCUT2D eigenvalue weighted by molar-refractivity contribution is -0.135. The Morgan fingerprint density at radius 3 is 2.38 bits per heavy atom. The van der Waals surface area contributed by atoms with Crippen LogP contribution in [0.3, 0.4) is 0 Å². The summed E-state index contributed by atoms with van der Waals surface area (Å²) in [7, 11) is -2.71. The van der Waals surface area contributed by atoms with Crippen molar-refractivity contribution >= 4 is 33.3 Å². The molecule has 0 spiro atoms. The first kappa shape index (κ1) is 18.1. The van der Waals surface area contributed by atoms with E-state index < -0.39 is 22.5 Å². The van der Waals surface area contributed by atoms with Crippen molar-refractivity contribution in [3.05, 3.63) is 53.1 Å². The molecule has 0 aromatic heterocycles. The second-order valence-electron chi connectivity index (χ2n) is 5.03. The molecule has 0 aliphatic carbocycles. The minimum atomic E-state index is -4.10. The molecule has 1 N–H and O–H groups in total. The molecule has 6 nitrogen and oxygen atoms in total.